The van der Waals surface area contributed by atoms with Gasteiger partial charge in [-0.05, 0) is 75.8 Å². The highest BCUT2D eigenvalue weighted by Gasteiger charge is 2.42. The van der Waals surface area contributed by atoms with E-state index in [1.165, 1.54) is 12.4 Å². The first-order valence-electron chi connectivity index (χ1n) is 15.5. The molecule has 256 valence electrons. The second-order valence-electron chi connectivity index (χ2n) is 12.7. The van der Waals surface area contributed by atoms with Crippen LogP contribution in [0.5, 0.6) is 5.75 Å². The molecule has 1 saturated heterocycles. The van der Waals surface area contributed by atoms with Crippen LogP contribution in [0.25, 0.3) is 0 Å². The Labute approximate surface area is 270 Å². The van der Waals surface area contributed by atoms with Gasteiger partial charge in [0.15, 0.2) is 5.75 Å². The lowest BCUT2D eigenvalue weighted by atomic mass is 9.87. The first-order chi connectivity index (χ1) is 22.0. The SMILES string of the molecule is CC[C@@H]1C[C@H](N(Cc2cc(C(F)(F)F)cc(C(F)(F)F)c2)c2ncc(OCc3ccccc3)cn2)C[C@H](CC)N1C(=O)OC(C)(C)C. The minimum absolute atomic E-state index is 0.114. The van der Waals surface area contributed by atoms with Gasteiger partial charge in [0.1, 0.15) is 12.2 Å². The number of carbonyl (C=O) groups is 1. The normalized spacial score (nSPS) is 19.0. The Kier molecular flexibility index (Phi) is 11.0. The third-order valence-electron chi connectivity index (χ3n) is 7.98. The Morgan fingerprint density at radius 2 is 1.38 bits per heavy atom. The molecule has 1 aliphatic rings. The van der Waals surface area contributed by atoms with E-state index in [0.29, 0.717) is 31.4 Å². The summed E-state index contributed by atoms with van der Waals surface area (Å²) in [7, 11) is 0. The van der Waals surface area contributed by atoms with Crippen molar-refractivity contribution >= 4 is 12.0 Å². The topological polar surface area (TPSA) is 67.8 Å². The second-order valence-corrected chi connectivity index (χ2v) is 12.7. The number of aromatic nitrogens is 2. The van der Waals surface area contributed by atoms with Crippen molar-refractivity contribution in [3.05, 3.63) is 83.2 Å². The highest BCUT2D eigenvalue weighted by molar-refractivity contribution is 5.69. The molecule has 3 aromatic rings. The molecule has 2 aromatic carbocycles. The number of hydrogen-bond donors (Lipinski definition) is 0. The summed E-state index contributed by atoms with van der Waals surface area (Å²) < 4.78 is 94.0. The van der Waals surface area contributed by atoms with Gasteiger partial charge < -0.3 is 19.3 Å². The Balaban J connectivity index is 1.71. The molecule has 1 amide bonds. The van der Waals surface area contributed by atoms with Gasteiger partial charge in [-0.1, -0.05) is 44.2 Å². The Morgan fingerprint density at radius 3 is 1.85 bits per heavy atom. The van der Waals surface area contributed by atoms with E-state index in [-0.39, 0.29) is 42.8 Å². The average molecular weight is 667 g/mol. The number of carbonyl (C=O) groups excluding carboxylic acids is 1. The van der Waals surface area contributed by atoms with Crippen LogP contribution in [0.1, 0.15) is 82.6 Å². The van der Waals surface area contributed by atoms with Crippen LogP contribution in [0, 0.1) is 0 Å². The summed E-state index contributed by atoms with van der Waals surface area (Å²) >= 11 is 0. The summed E-state index contributed by atoms with van der Waals surface area (Å²) in [6.45, 7) is 9.07. The number of piperidine rings is 1. The molecule has 1 aromatic heterocycles. The molecule has 0 bridgehead atoms. The van der Waals surface area contributed by atoms with Gasteiger partial charge >= 0.3 is 18.4 Å². The molecule has 0 unspecified atom stereocenters. The lowest BCUT2D eigenvalue weighted by molar-refractivity contribution is -0.143. The van der Waals surface area contributed by atoms with E-state index in [9.17, 15) is 31.1 Å². The standard InChI is InChI=1S/C34H40F6N4O3/c1-6-26-16-28(17-27(7-2)44(26)31(45)47-32(3,4)5)43(20-23-13-24(33(35,36)37)15-25(14-23)34(38,39)40)30-41-18-29(19-42-30)46-21-22-11-9-8-10-12-22/h8-15,18-19,26-28H,6-7,16-17,20-21H2,1-5H3/t26-,27+,28+. The van der Waals surface area contributed by atoms with Gasteiger partial charge in [0.25, 0.3) is 0 Å². The molecule has 0 aliphatic carbocycles. The predicted octanol–water partition coefficient (Wildman–Crippen LogP) is 9.06. The van der Waals surface area contributed by atoms with Crippen molar-refractivity contribution in [3.63, 3.8) is 0 Å². The van der Waals surface area contributed by atoms with E-state index in [0.717, 1.165) is 17.7 Å². The summed E-state index contributed by atoms with van der Waals surface area (Å²) in [5.74, 6) is 0.456. The maximum absolute atomic E-state index is 13.8. The van der Waals surface area contributed by atoms with Crippen molar-refractivity contribution < 1.29 is 40.6 Å². The van der Waals surface area contributed by atoms with Crippen molar-refractivity contribution in [2.24, 2.45) is 0 Å². The van der Waals surface area contributed by atoms with Gasteiger partial charge in [-0.2, -0.15) is 26.3 Å². The van der Waals surface area contributed by atoms with Gasteiger partial charge in [0.2, 0.25) is 5.95 Å². The number of halogens is 6. The minimum Gasteiger partial charge on any atom is -0.486 e. The fourth-order valence-corrected chi connectivity index (χ4v) is 5.79. The number of likely N-dealkylation sites (tertiary alicyclic amines) is 1. The molecule has 13 heteroatoms. The van der Waals surface area contributed by atoms with Crippen LogP contribution < -0.4 is 9.64 Å². The van der Waals surface area contributed by atoms with Crippen LogP contribution in [0.4, 0.5) is 37.1 Å². The van der Waals surface area contributed by atoms with Gasteiger partial charge in [-0.15, -0.1) is 0 Å². The average Bonchev–Trinajstić information content (AvgIpc) is 3.01. The van der Waals surface area contributed by atoms with Crippen LogP contribution in [0.15, 0.2) is 60.9 Å². The predicted molar refractivity (Wildman–Crippen MR) is 165 cm³/mol. The zero-order valence-corrected chi connectivity index (χ0v) is 27.0. The Morgan fingerprint density at radius 1 is 0.851 bits per heavy atom. The van der Waals surface area contributed by atoms with E-state index >= 15 is 0 Å². The number of rotatable bonds is 9. The van der Waals surface area contributed by atoms with Crippen molar-refractivity contribution in [2.45, 2.75) is 110 Å². The molecule has 0 saturated carbocycles. The van der Waals surface area contributed by atoms with Crippen LogP contribution >= 0.6 is 0 Å². The molecule has 3 atom stereocenters. The number of nitrogens with zero attached hydrogens (tertiary/aromatic N) is 4. The van der Waals surface area contributed by atoms with Crippen LogP contribution in [0.2, 0.25) is 0 Å². The van der Waals surface area contributed by atoms with E-state index < -0.39 is 41.2 Å². The maximum Gasteiger partial charge on any atom is 0.416 e. The van der Waals surface area contributed by atoms with Gasteiger partial charge in [0, 0.05) is 24.7 Å². The highest BCUT2D eigenvalue weighted by Crippen LogP contribution is 2.38. The number of alkyl halides is 6. The molecular formula is C34H40F6N4O3. The first kappa shape index (κ1) is 35.8. The van der Waals surface area contributed by atoms with Crippen molar-refractivity contribution in [3.8, 4) is 5.75 Å². The number of anilines is 1. The molecule has 2 heterocycles. The smallest absolute Gasteiger partial charge is 0.416 e. The molecule has 7 nitrogen and oxygen atoms in total. The first-order valence-corrected chi connectivity index (χ1v) is 15.5. The molecule has 0 radical (unpaired) electrons. The Hall–Kier alpha value is -4.03. The zero-order chi connectivity index (χ0) is 34.6. The molecule has 1 aliphatic heterocycles. The van der Waals surface area contributed by atoms with E-state index in [1.54, 1.807) is 30.6 Å². The summed E-state index contributed by atoms with van der Waals surface area (Å²) in [6.07, 6.45) is -5.76. The summed E-state index contributed by atoms with van der Waals surface area (Å²) in [5, 5.41) is 0. The number of amides is 1. The Bertz CT molecular complexity index is 1430. The van der Waals surface area contributed by atoms with E-state index in [1.807, 2.05) is 44.2 Å². The summed E-state index contributed by atoms with van der Waals surface area (Å²) in [6, 6.07) is 9.92. The van der Waals surface area contributed by atoms with E-state index in [4.69, 9.17) is 9.47 Å². The van der Waals surface area contributed by atoms with Crippen molar-refractivity contribution in [1.29, 1.82) is 0 Å². The number of hydrogen-bond acceptors (Lipinski definition) is 6. The fraction of sp³-hybridized carbons (Fsp3) is 0.500. The molecule has 0 N–H and O–H groups in total. The van der Waals surface area contributed by atoms with Crippen LogP contribution in [0.3, 0.4) is 0 Å². The molecule has 4 rings (SSSR count). The number of benzene rings is 2. The zero-order valence-electron chi connectivity index (χ0n) is 27.0. The third kappa shape index (κ3) is 9.51. The lowest BCUT2D eigenvalue weighted by Crippen LogP contribution is -2.57. The van der Waals surface area contributed by atoms with E-state index in [2.05, 4.69) is 9.97 Å². The monoisotopic (exact) mass is 666 g/mol. The largest absolute Gasteiger partial charge is 0.486 e. The van der Waals surface area contributed by atoms with Gasteiger partial charge in [-0.25, -0.2) is 14.8 Å². The quantitative estimate of drug-likeness (QED) is 0.212. The van der Waals surface area contributed by atoms with Crippen molar-refractivity contribution in [1.82, 2.24) is 14.9 Å². The lowest BCUT2D eigenvalue weighted by Gasteiger charge is -2.48. The van der Waals surface area contributed by atoms with Crippen molar-refractivity contribution in [2.75, 3.05) is 4.90 Å². The summed E-state index contributed by atoms with van der Waals surface area (Å²) in [4.78, 5) is 25.5. The maximum atomic E-state index is 13.8. The number of ether oxygens (including phenoxy) is 2. The van der Waals surface area contributed by atoms with Crippen LogP contribution in [-0.4, -0.2) is 44.7 Å². The third-order valence-corrected chi connectivity index (χ3v) is 7.98. The van der Waals surface area contributed by atoms with Crippen LogP contribution in [-0.2, 0) is 30.2 Å². The highest BCUT2D eigenvalue weighted by atomic mass is 19.4. The summed E-state index contributed by atoms with van der Waals surface area (Å²) in [5.41, 5.74) is -2.81. The minimum atomic E-state index is -4.99. The van der Waals surface area contributed by atoms with Gasteiger partial charge in [0.05, 0.1) is 23.5 Å². The second kappa shape index (κ2) is 14.4. The molecule has 47 heavy (non-hydrogen) atoms. The molecule has 1 fully saturated rings. The fourth-order valence-electron chi connectivity index (χ4n) is 5.79. The molecule has 0 spiro atoms. The molecular weight excluding hydrogens is 626 g/mol. The van der Waals surface area contributed by atoms with Gasteiger partial charge in [-0.3, -0.25) is 0 Å².